The van der Waals surface area contributed by atoms with E-state index in [0.717, 1.165) is 18.7 Å². The third-order valence-electron chi connectivity index (χ3n) is 5.63. The number of benzene rings is 1. The van der Waals surface area contributed by atoms with Crippen LogP contribution in [-0.2, 0) is 38.1 Å². The molecule has 3 heterocycles. The van der Waals surface area contributed by atoms with E-state index in [1.165, 1.54) is 18.2 Å². The lowest BCUT2D eigenvalue weighted by molar-refractivity contribution is -0.226. The van der Waals surface area contributed by atoms with Crippen LogP contribution in [0.4, 0.5) is 5.69 Å². The molecule has 4 unspecified atom stereocenters. The number of hydrogen-bond donors (Lipinski definition) is 0. The van der Waals surface area contributed by atoms with Gasteiger partial charge in [-0.15, -0.1) is 0 Å². The Morgan fingerprint density at radius 3 is 2.38 bits per heavy atom. The second kappa shape index (κ2) is 7.86. The van der Waals surface area contributed by atoms with E-state index in [-0.39, 0.29) is 17.9 Å². The van der Waals surface area contributed by atoms with Gasteiger partial charge >= 0.3 is 17.9 Å². The van der Waals surface area contributed by atoms with Gasteiger partial charge in [0.05, 0.1) is 35.8 Å². The van der Waals surface area contributed by atoms with Gasteiger partial charge in [0.1, 0.15) is 0 Å². The van der Waals surface area contributed by atoms with Crippen LogP contribution in [0.2, 0.25) is 0 Å². The Balaban J connectivity index is 1.76. The van der Waals surface area contributed by atoms with Crippen molar-refractivity contribution in [3.63, 3.8) is 0 Å². The molecule has 168 valence electrons. The Kier molecular flexibility index (Phi) is 5.33. The van der Waals surface area contributed by atoms with Gasteiger partial charge in [0.25, 0.3) is 6.29 Å². The fourth-order valence-electron chi connectivity index (χ4n) is 4.50. The van der Waals surface area contributed by atoms with Crippen molar-refractivity contribution in [1.82, 2.24) is 0 Å². The molecule has 0 spiro atoms. The van der Waals surface area contributed by atoms with Gasteiger partial charge in [-0.25, -0.2) is 9.69 Å². The zero-order valence-electron chi connectivity index (χ0n) is 17.6. The monoisotopic (exact) mass is 443 g/mol. The SMILES string of the molecule is CCOC(=O)c1ccccc1N1C(=O)C2C3C=CC(C(OC(C)=O)OC(C)=O)(O3)C2C1=O. The van der Waals surface area contributed by atoms with E-state index in [1.807, 2.05) is 0 Å². The maximum absolute atomic E-state index is 13.6. The molecule has 0 N–H and O–H groups in total. The first-order valence-corrected chi connectivity index (χ1v) is 10.1. The molecule has 2 saturated heterocycles. The largest absolute Gasteiger partial charge is 0.462 e. The second-order valence-electron chi connectivity index (χ2n) is 7.60. The molecule has 10 heteroatoms. The van der Waals surface area contributed by atoms with Gasteiger partial charge in [0.15, 0.2) is 5.60 Å². The molecule has 1 aromatic rings. The number of anilines is 1. The Hall–Kier alpha value is -3.53. The third kappa shape index (κ3) is 3.18. The zero-order valence-corrected chi connectivity index (χ0v) is 17.6. The third-order valence-corrected chi connectivity index (χ3v) is 5.63. The van der Waals surface area contributed by atoms with Crippen LogP contribution in [0.3, 0.4) is 0 Å². The Morgan fingerprint density at radius 1 is 1.09 bits per heavy atom. The van der Waals surface area contributed by atoms with E-state index in [9.17, 15) is 24.0 Å². The molecule has 3 aliphatic rings. The van der Waals surface area contributed by atoms with Gasteiger partial charge in [-0.05, 0) is 25.1 Å². The molecule has 2 amide bonds. The van der Waals surface area contributed by atoms with Crippen molar-refractivity contribution >= 4 is 35.4 Å². The zero-order chi connectivity index (χ0) is 23.2. The van der Waals surface area contributed by atoms with E-state index in [2.05, 4.69) is 0 Å². The van der Waals surface area contributed by atoms with Gasteiger partial charge in [0, 0.05) is 13.8 Å². The van der Waals surface area contributed by atoms with Crippen molar-refractivity contribution < 1.29 is 42.9 Å². The quantitative estimate of drug-likeness (QED) is 0.275. The molecule has 4 rings (SSSR count). The summed E-state index contributed by atoms with van der Waals surface area (Å²) in [4.78, 5) is 63.6. The number of rotatable bonds is 6. The van der Waals surface area contributed by atoms with E-state index < -0.39 is 59.6 Å². The standard InChI is InChI=1S/C22H21NO9/c1-4-29-20(28)13-7-5-6-8-14(13)23-18(26)16-15-9-10-22(32-15,17(16)19(23)27)21(30-11(2)24)31-12(3)25/h5-10,15-17,21H,4H2,1-3H3. The smallest absolute Gasteiger partial charge is 0.340 e. The minimum atomic E-state index is -1.66. The summed E-state index contributed by atoms with van der Waals surface area (Å²) >= 11 is 0. The molecule has 10 nitrogen and oxygen atoms in total. The molecule has 0 saturated carbocycles. The lowest BCUT2D eigenvalue weighted by Gasteiger charge is -2.34. The van der Waals surface area contributed by atoms with Crippen LogP contribution in [0.1, 0.15) is 31.1 Å². The number of ether oxygens (including phenoxy) is 4. The number of imide groups is 1. The first kappa shape index (κ1) is 21.7. The van der Waals surface area contributed by atoms with Gasteiger partial charge in [-0.1, -0.05) is 18.2 Å². The van der Waals surface area contributed by atoms with Gasteiger partial charge in [-0.3, -0.25) is 19.2 Å². The Morgan fingerprint density at radius 2 is 1.75 bits per heavy atom. The Labute approximate surface area is 183 Å². The van der Waals surface area contributed by atoms with Crippen molar-refractivity contribution in [2.45, 2.75) is 38.8 Å². The van der Waals surface area contributed by atoms with Crippen molar-refractivity contribution in [2.24, 2.45) is 11.8 Å². The predicted molar refractivity (Wildman–Crippen MR) is 106 cm³/mol. The highest BCUT2D eigenvalue weighted by molar-refractivity contribution is 6.25. The first-order chi connectivity index (χ1) is 15.2. The summed E-state index contributed by atoms with van der Waals surface area (Å²) in [5.74, 6) is -5.47. The number of fused-ring (bicyclic) bond motifs is 5. The lowest BCUT2D eigenvalue weighted by atomic mass is 9.76. The van der Waals surface area contributed by atoms with Gasteiger partial charge in [-0.2, -0.15) is 0 Å². The summed E-state index contributed by atoms with van der Waals surface area (Å²) in [5, 5.41) is 0. The van der Waals surface area contributed by atoms with Crippen LogP contribution in [0.25, 0.3) is 0 Å². The topological polar surface area (TPSA) is 126 Å². The summed E-state index contributed by atoms with van der Waals surface area (Å²) in [6.07, 6.45) is 0.713. The molecule has 0 radical (unpaired) electrons. The van der Waals surface area contributed by atoms with Crippen molar-refractivity contribution in [3.05, 3.63) is 42.0 Å². The average Bonchev–Trinajstić information content (AvgIpc) is 3.38. The molecule has 3 aliphatic heterocycles. The number of nitrogens with zero attached hydrogens (tertiary/aromatic N) is 1. The maximum atomic E-state index is 13.6. The highest BCUT2D eigenvalue weighted by atomic mass is 16.7. The van der Waals surface area contributed by atoms with Crippen molar-refractivity contribution in [1.29, 1.82) is 0 Å². The fraction of sp³-hybridized carbons (Fsp3) is 0.409. The minimum absolute atomic E-state index is 0.0582. The number of hydrogen-bond acceptors (Lipinski definition) is 9. The van der Waals surface area contributed by atoms with Gasteiger partial charge < -0.3 is 18.9 Å². The van der Waals surface area contributed by atoms with Crippen LogP contribution in [0.5, 0.6) is 0 Å². The maximum Gasteiger partial charge on any atom is 0.340 e. The molecule has 0 aliphatic carbocycles. The summed E-state index contributed by atoms with van der Waals surface area (Å²) < 4.78 is 21.3. The molecule has 2 fully saturated rings. The van der Waals surface area contributed by atoms with Crippen LogP contribution >= 0.6 is 0 Å². The van der Waals surface area contributed by atoms with E-state index in [1.54, 1.807) is 25.1 Å². The highest BCUT2D eigenvalue weighted by Crippen LogP contribution is 2.55. The highest BCUT2D eigenvalue weighted by Gasteiger charge is 2.72. The molecule has 32 heavy (non-hydrogen) atoms. The first-order valence-electron chi connectivity index (χ1n) is 10.1. The number of carbonyl (C=O) groups excluding carboxylic acids is 5. The number of para-hydroxylation sites is 1. The van der Waals surface area contributed by atoms with E-state index in [0.29, 0.717) is 0 Å². The fourth-order valence-corrected chi connectivity index (χ4v) is 4.50. The average molecular weight is 443 g/mol. The van der Waals surface area contributed by atoms with E-state index in [4.69, 9.17) is 18.9 Å². The second-order valence-corrected chi connectivity index (χ2v) is 7.60. The lowest BCUT2D eigenvalue weighted by Crippen LogP contribution is -2.52. The van der Waals surface area contributed by atoms with Crippen LogP contribution in [0.15, 0.2) is 36.4 Å². The molecule has 4 atom stereocenters. The summed E-state index contributed by atoms with van der Waals surface area (Å²) in [6, 6.07) is 6.12. The number of amides is 2. The van der Waals surface area contributed by atoms with Crippen LogP contribution < -0.4 is 4.90 Å². The summed E-state index contributed by atoms with van der Waals surface area (Å²) in [7, 11) is 0. The molecule has 0 aromatic heterocycles. The molecular weight excluding hydrogens is 422 g/mol. The number of esters is 3. The summed E-state index contributed by atoms with van der Waals surface area (Å²) in [5.41, 5.74) is -1.52. The van der Waals surface area contributed by atoms with Crippen LogP contribution in [-0.4, -0.2) is 54.3 Å². The molecule has 2 bridgehead atoms. The normalized spacial score (nSPS) is 27.6. The van der Waals surface area contributed by atoms with Crippen molar-refractivity contribution in [3.8, 4) is 0 Å². The summed E-state index contributed by atoms with van der Waals surface area (Å²) in [6.45, 7) is 4.01. The predicted octanol–water partition coefficient (Wildman–Crippen LogP) is 1.13. The molecule has 1 aromatic carbocycles. The molecular formula is C22H21NO9. The van der Waals surface area contributed by atoms with E-state index >= 15 is 0 Å². The van der Waals surface area contributed by atoms with Crippen molar-refractivity contribution in [2.75, 3.05) is 11.5 Å². The van der Waals surface area contributed by atoms with Gasteiger partial charge in [0.2, 0.25) is 11.8 Å². The minimum Gasteiger partial charge on any atom is -0.462 e. The number of carbonyl (C=O) groups is 5. The van der Waals surface area contributed by atoms with Crippen LogP contribution in [0, 0.1) is 11.8 Å². The Bertz CT molecular complexity index is 1030.